The third-order valence-corrected chi connectivity index (χ3v) is 5.87. The number of fused-ring (bicyclic) bond motifs is 1. The molecule has 0 aromatic heterocycles. The summed E-state index contributed by atoms with van der Waals surface area (Å²) >= 11 is 1.74. The smallest absolute Gasteiger partial charge is 0.243 e. The number of amides is 2. The van der Waals surface area contributed by atoms with E-state index in [0.717, 1.165) is 31.8 Å². The highest BCUT2D eigenvalue weighted by Gasteiger charge is 2.52. The molecule has 6 heteroatoms. The minimum absolute atomic E-state index is 0.00336. The van der Waals surface area contributed by atoms with Gasteiger partial charge in [-0.25, -0.2) is 0 Å². The standard InChI is InChI=1S/C14H25N3O2S/c1-4-16(5-2)9-8-15-13(19)11-10-20-14(3)7-6-12(18)17(11)14/h11H,4-10H2,1-3H3,(H,15,19). The second-order valence-corrected chi connectivity index (χ2v) is 7.08. The maximum atomic E-state index is 12.3. The van der Waals surface area contributed by atoms with E-state index < -0.39 is 0 Å². The van der Waals surface area contributed by atoms with Crippen LogP contribution in [0, 0.1) is 0 Å². The molecule has 2 fully saturated rings. The Morgan fingerprint density at radius 2 is 2.20 bits per heavy atom. The summed E-state index contributed by atoms with van der Waals surface area (Å²) in [6, 6.07) is -0.281. The Kier molecular flexibility index (Phi) is 4.96. The number of carbonyl (C=O) groups excluding carboxylic acids is 2. The molecule has 0 aliphatic carbocycles. The number of hydrogen-bond donors (Lipinski definition) is 1. The van der Waals surface area contributed by atoms with Crippen LogP contribution in [0.25, 0.3) is 0 Å². The molecule has 2 rings (SSSR count). The molecule has 0 aromatic rings. The van der Waals surface area contributed by atoms with Crippen LogP contribution in [0.3, 0.4) is 0 Å². The van der Waals surface area contributed by atoms with Gasteiger partial charge in [-0.15, -0.1) is 11.8 Å². The zero-order chi connectivity index (χ0) is 14.8. The fourth-order valence-corrected chi connectivity index (χ4v) is 4.44. The fraction of sp³-hybridized carbons (Fsp3) is 0.857. The molecule has 2 aliphatic rings. The lowest BCUT2D eigenvalue weighted by atomic mass is 10.2. The van der Waals surface area contributed by atoms with Gasteiger partial charge in [0.2, 0.25) is 11.8 Å². The first-order valence-corrected chi connectivity index (χ1v) is 8.46. The third-order valence-electron chi connectivity index (χ3n) is 4.37. The minimum atomic E-state index is -0.281. The number of nitrogens with one attached hydrogen (secondary N) is 1. The Bertz CT molecular complexity index is 387. The van der Waals surface area contributed by atoms with Crippen molar-refractivity contribution in [3.05, 3.63) is 0 Å². The van der Waals surface area contributed by atoms with E-state index >= 15 is 0 Å². The van der Waals surface area contributed by atoms with Crippen LogP contribution in [0.5, 0.6) is 0 Å². The third kappa shape index (κ3) is 2.96. The van der Waals surface area contributed by atoms with Gasteiger partial charge in [0.15, 0.2) is 0 Å². The molecule has 114 valence electrons. The van der Waals surface area contributed by atoms with E-state index in [1.54, 1.807) is 11.8 Å². The van der Waals surface area contributed by atoms with Crippen molar-refractivity contribution in [2.75, 3.05) is 31.9 Å². The van der Waals surface area contributed by atoms with E-state index in [1.165, 1.54) is 0 Å². The number of nitrogens with zero attached hydrogens (tertiary/aromatic N) is 2. The van der Waals surface area contributed by atoms with Crippen LogP contribution in [0.4, 0.5) is 0 Å². The number of carbonyl (C=O) groups is 2. The van der Waals surface area contributed by atoms with Gasteiger partial charge < -0.3 is 15.1 Å². The summed E-state index contributed by atoms with van der Waals surface area (Å²) in [4.78, 5) is 28.2. The topological polar surface area (TPSA) is 52.7 Å². The van der Waals surface area contributed by atoms with E-state index in [4.69, 9.17) is 0 Å². The molecule has 2 unspecified atom stereocenters. The quantitative estimate of drug-likeness (QED) is 0.792. The SMILES string of the molecule is CCN(CC)CCNC(=O)C1CSC2(C)CCC(=O)N12. The summed E-state index contributed by atoms with van der Waals surface area (Å²) in [7, 11) is 0. The van der Waals surface area contributed by atoms with Gasteiger partial charge in [0.05, 0.1) is 4.87 Å². The molecule has 0 spiro atoms. The maximum Gasteiger partial charge on any atom is 0.243 e. The van der Waals surface area contributed by atoms with Gasteiger partial charge >= 0.3 is 0 Å². The van der Waals surface area contributed by atoms with Crippen LogP contribution >= 0.6 is 11.8 Å². The number of rotatable bonds is 6. The molecule has 0 saturated carbocycles. The van der Waals surface area contributed by atoms with Crippen LogP contribution in [0.1, 0.15) is 33.6 Å². The van der Waals surface area contributed by atoms with E-state index in [9.17, 15) is 9.59 Å². The van der Waals surface area contributed by atoms with E-state index in [-0.39, 0.29) is 22.7 Å². The number of hydrogen-bond acceptors (Lipinski definition) is 4. The monoisotopic (exact) mass is 299 g/mol. The van der Waals surface area contributed by atoms with Crippen molar-refractivity contribution in [3.8, 4) is 0 Å². The van der Waals surface area contributed by atoms with Crippen molar-refractivity contribution in [3.63, 3.8) is 0 Å². The van der Waals surface area contributed by atoms with Crippen molar-refractivity contribution in [1.29, 1.82) is 0 Å². The molecule has 1 N–H and O–H groups in total. The summed E-state index contributed by atoms with van der Waals surface area (Å²) in [6.07, 6.45) is 1.44. The largest absolute Gasteiger partial charge is 0.353 e. The Morgan fingerprint density at radius 1 is 1.50 bits per heavy atom. The van der Waals surface area contributed by atoms with E-state index in [1.807, 2.05) is 4.90 Å². The molecule has 2 heterocycles. The fourth-order valence-electron chi connectivity index (χ4n) is 3.01. The zero-order valence-corrected chi connectivity index (χ0v) is 13.5. The highest BCUT2D eigenvalue weighted by molar-refractivity contribution is 8.01. The maximum absolute atomic E-state index is 12.3. The van der Waals surface area contributed by atoms with Crippen LogP contribution < -0.4 is 5.32 Å². The van der Waals surface area contributed by atoms with Gasteiger partial charge in [0.25, 0.3) is 0 Å². The van der Waals surface area contributed by atoms with Crippen molar-refractivity contribution in [1.82, 2.24) is 15.1 Å². The normalized spacial score (nSPS) is 29.1. The summed E-state index contributed by atoms with van der Waals surface area (Å²) < 4.78 is 0. The second-order valence-electron chi connectivity index (χ2n) is 5.58. The molecule has 0 radical (unpaired) electrons. The molecule has 0 aromatic carbocycles. The lowest BCUT2D eigenvalue weighted by molar-refractivity contribution is -0.137. The minimum Gasteiger partial charge on any atom is -0.353 e. The van der Waals surface area contributed by atoms with Gasteiger partial charge in [-0.3, -0.25) is 9.59 Å². The lowest BCUT2D eigenvalue weighted by Crippen LogP contribution is -2.51. The molecular formula is C14H25N3O2S. The first-order chi connectivity index (χ1) is 9.51. The molecule has 0 bridgehead atoms. The van der Waals surface area contributed by atoms with Crippen LogP contribution in [-0.2, 0) is 9.59 Å². The first kappa shape index (κ1) is 15.6. The highest BCUT2D eigenvalue weighted by Crippen LogP contribution is 2.47. The van der Waals surface area contributed by atoms with Crippen molar-refractivity contribution >= 4 is 23.6 Å². The average Bonchev–Trinajstić information content (AvgIpc) is 2.92. The summed E-state index contributed by atoms with van der Waals surface area (Å²) in [5.41, 5.74) is 0. The van der Waals surface area contributed by atoms with Gasteiger partial charge in [0, 0.05) is 25.3 Å². The van der Waals surface area contributed by atoms with Crippen LogP contribution in [0.2, 0.25) is 0 Å². The van der Waals surface area contributed by atoms with Gasteiger partial charge in [-0.2, -0.15) is 0 Å². The number of likely N-dealkylation sites (N-methyl/N-ethyl adjacent to an activating group) is 1. The molecule has 5 nitrogen and oxygen atoms in total. The number of thioether (sulfide) groups is 1. The zero-order valence-electron chi connectivity index (χ0n) is 12.6. The molecule has 2 aliphatic heterocycles. The molecule has 2 atom stereocenters. The van der Waals surface area contributed by atoms with Gasteiger partial charge in [-0.1, -0.05) is 13.8 Å². The summed E-state index contributed by atoms with van der Waals surface area (Å²) in [5.74, 6) is 0.851. The lowest BCUT2D eigenvalue weighted by Gasteiger charge is -2.30. The average molecular weight is 299 g/mol. The molecule has 2 saturated heterocycles. The molecule has 20 heavy (non-hydrogen) atoms. The molecular weight excluding hydrogens is 274 g/mol. The Labute approximate surface area is 125 Å². The van der Waals surface area contributed by atoms with Crippen molar-refractivity contribution in [2.24, 2.45) is 0 Å². The Morgan fingerprint density at radius 3 is 2.85 bits per heavy atom. The van der Waals surface area contributed by atoms with Crippen LogP contribution in [-0.4, -0.2) is 64.5 Å². The van der Waals surface area contributed by atoms with E-state index in [2.05, 4.69) is 31.0 Å². The predicted molar refractivity (Wildman–Crippen MR) is 81.5 cm³/mol. The highest BCUT2D eigenvalue weighted by atomic mass is 32.2. The van der Waals surface area contributed by atoms with Crippen LogP contribution in [0.15, 0.2) is 0 Å². The predicted octanol–water partition coefficient (Wildman–Crippen LogP) is 0.898. The Hall–Kier alpha value is -0.750. The Balaban J connectivity index is 1.86. The van der Waals surface area contributed by atoms with E-state index in [0.29, 0.717) is 13.0 Å². The van der Waals surface area contributed by atoms with Gasteiger partial charge in [0.1, 0.15) is 6.04 Å². The molecule has 2 amide bonds. The first-order valence-electron chi connectivity index (χ1n) is 7.48. The second kappa shape index (κ2) is 6.35. The summed E-state index contributed by atoms with van der Waals surface area (Å²) in [5, 5.41) is 2.99. The summed E-state index contributed by atoms with van der Waals surface area (Å²) in [6.45, 7) is 9.82. The van der Waals surface area contributed by atoms with Crippen molar-refractivity contribution < 1.29 is 9.59 Å². The van der Waals surface area contributed by atoms with Crippen molar-refractivity contribution in [2.45, 2.75) is 44.5 Å². The van der Waals surface area contributed by atoms with Gasteiger partial charge in [-0.05, 0) is 26.4 Å².